The lowest BCUT2D eigenvalue weighted by atomic mass is 10.1. The second kappa shape index (κ2) is 9.05. The molecule has 0 bridgehead atoms. The molecule has 1 unspecified atom stereocenters. The number of rotatable bonds is 7. The Kier molecular flexibility index (Phi) is 8.72. The fourth-order valence-electron chi connectivity index (χ4n) is 1.21. The summed E-state index contributed by atoms with van der Waals surface area (Å²) >= 11 is 0. The fraction of sp³-hybridized carbons (Fsp3) is 0.833. The maximum absolute atomic E-state index is 5.58. The Labute approximate surface area is 88.4 Å². The average Bonchev–Trinajstić information content (AvgIpc) is 2.14. The Morgan fingerprint density at radius 2 is 2.07 bits per heavy atom. The van der Waals surface area contributed by atoms with Crippen LogP contribution in [0.1, 0.15) is 40.5 Å². The van der Waals surface area contributed by atoms with Crippen LogP contribution in [0.5, 0.6) is 0 Å². The summed E-state index contributed by atoms with van der Waals surface area (Å²) in [6.45, 7) is 9.91. The first-order valence-electron chi connectivity index (χ1n) is 5.45. The Morgan fingerprint density at radius 3 is 2.57 bits per heavy atom. The number of hydrogen-bond acceptors (Lipinski definition) is 2. The summed E-state index contributed by atoms with van der Waals surface area (Å²) in [5, 5.41) is 3.40. The van der Waals surface area contributed by atoms with Crippen LogP contribution in [-0.2, 0) is 4.74 Å². The summed E-state index contributed by atoms with van der Waals surface area (Å²) in [6.07, 6.45) is 2.34. The first-order valence-corrected chi connectivity index (χ1v) is 5.45. The van der Waals surface area contributed by atoms with Gasteiger partial charge in [0.05, 0.1) is 12.7 Å². The van der Waals surface area contributed by atoms with Gasteiger partial charge in [0.15, 0.2) is 0 Å². The number of hydrogen-bond donors (Lipinski definition) is 1. The number of ether oxygens (including phenoxy) is 1. The highest BCUT2D eigenvalue weighted by Gasteiger charge is 2.07. The lowest BCUT2D eigenvalue weighted by Gasteiger charge is -2.18. The van der Waals surface area contributed by atoms with E-state index in [0.29, 0.717) is 12.1 Å². The van der Waals surface area contributed by atoms with Crippen LogP contribution in [0.2, 0.25) is 0 Å². The van der Waals surface area contributed by atoms with Crippen molar-refractivity contribution in [2.45, 2.75) is 52.7 Å². The molecule has 0 aromatic carbocycles. The molecular weight excluding hydrogens is 174 g/mol. The van der Waals surface area contributed by atoms with E-state index in [1.54, 1.807) is 0 Å². The molecule has 2 heteroatoms. The molecule has 0 saturated carbocycles. The largest absolute Gasteiger partial charge is 0.377 e. The van der Waals surface area contributed by atoms with Gasteiger partial charge in [-0.25, -0.2) is 0 Å². The van der Waals surface area contributed by atoms with Gasteiger partial charge in [0, 0.05) is 12.5 Å². The van der Waals surface area contributed by atoms with Crippen LogP contribution in [0.15, 0.2) is 0 Å². The minimum absolute atomic E-state index is 0.313. The predicted octanol–water partition coefficient (Wildman–Crippen LogP) is 2.19. The van der Waals surface area contributed by atoms with E-state index in [1.807, 2.05) is 6.92 Å². The zero-order valence-corrected chi connectivity index (χ0v) is 9.89. The minimum atomic E-state index is 0.313. The molecule has 0 radical (unpaired) electrons. The van der Waals surface area contributed by atoms with Gasteiger partial charge in [-0.05, 0) is 33.7 Å². The summed E-state index contributed by atoms with van der Waals surface area (Å²) < 4.78 is 5.58. The zero-order chi connectivity index (χ0) is 10.8. The van der Waals surface area contributed by atoms with E-state index >= 15 is 0 Å². The van der Waals surface area contributed by atoms with Gasteiger partial charge in [0.1, 0.15) is 0 Å². The van der Waals surface area contributed by atoms with Crippen LogP contribution in [0.25, 0.3) is 0 Å². The van der Waals surface area contributed by atoms with E-state index in [4.69, 9.17) is 4.74 Å². The predicted molar refractivity (Wildman–Crippen MR) is 61.2 cm³/mol. The van der Waals surface area contributed by atoms with E-state index < -0.39 is 0 Å². The molecule has 0 spiro atoms. The van der Waals surface area contributed by atoms with E-state index in [1.165, 1.54) is 0 Å². The van der Waals surface area contributed by atoms with Crippen molar-refractivity contribution in [3.63, 3.8) is 0 Å². The third kappa shape index (κ3) is 8.10. The Morgan fingerprint density at radius 1 is 1.36 bits per heavy atom. The van der Waals surface area contributed by atoms with Crippen LogP contribution in [-0.4, -0.2) is 25.3 Å². The molecular formula is C12H23NO. The van der Waals surface area contributed by atoms with Crippen LogP contribution < -0.4 is 5.32 Å². The molecule has 2 nitrogen and oxygen atoms in total. The third-order valence-electron chi connectivity index (χ3n) is 1.92. The molecule has 14 heavy (non-hydrogen) atoms. The highest BCUT2D eigenvalue weighted by molar-refractivity contribution is 4.95. The number of likely N-dealkylation sites (N-methyl/N-ethyl adjacent to an activating group) is 1. The van der Waals surface area contributed by atoms with Gasteiger partial charge in [0.25, 0.3) is 0 Å². The fourth-order valence-corrected chi connectivity index (χ4v) is 1.21. The molecule has 0 saturated heterocycles. The molecule has 0 fully saturated rings. The molecule has 0 heterocycles. The number of nitrogens with one attached hydrogen (secondary N) is 1. The van der Waals surface area contributed by atoms with Crippen molar-refractivity contribution in [2.24, 2.45) is 0 Å². The van der Waals surface area contributed by atoms with Crippen LogP contribution in [0.3, 0.4) is 0 Å². The molecule has 0 aliphatic carbocycles. The van der Waals surface area contributed by atoms with Crippen molar-refractivity contribution in [1.29, 1.82) is 0 Å². The molecule has 0 amide bonds. The molecule has 1 atom stereocenters. The quantitative estimate of drug-likeness (QED) is 0.632. The van der Waals surface area contributed by atoms with Gasteiger partial charge in [-0.2, -0.15) is 0 Å². The van der Waals surface area contributed by atoms with Gasteiger partial charge in [-0.15, -0.1) is 11.8 Å². The van der Waals surface area contributed by atoms with Gasteiger partial charge >= 0.3 is 0 Å². The van der Waals surface area contributed by atoms with Crippen molar-refractivity contribution >= 4 is 0 Å². The smallest absolute Gasteiger partial charge is 0.0623 e. The van der Waals surface area contributed by atoms with Crippen molar-refractivity contribution in [3.8, 4) is 11.8 Å². The summed E-state index contributed by atoms with van der Waals surface area (Å²) in [5.41, 5.74) is 0. The second-order valence-corrected chi connectivity index (χ2v) is 3.60. The third-order valence-corrected chi connectivity index (χ3v) is 1.92. The first kappa shape index (κ1) is 13.5. The van der Waals surface area contributed by atoms with Crippen LogP contribution in [0, 0.1) is 11.8 Å². The van der Waals surface area contributed by atoms with Crippen molar-refractivity contribution in [1.82, 2.24) is 5.32 Å². The summed E-state index contributed by atoms with van der Waals surface area (Å²) in [5.74, 6) is 5.99. The van der Waals surface area contributed by atoms with Crippen molar-refractivity contribution in [3.05, 3.63) is 0 Å². The molecule has 0 aromatic heterocycles. The summed E-state index contributed by atoms with van der Waals surface area (Å²) in [7, 11) is 0. The van der Waals surface area contributed by atoms with Crippen molar-refractivity contribution in [2.75, 3.05) is 13.2 Å². The second-order valence-electron chi connectivity index (χ2n) is 3.60. The first-order chi connectivity index (χ1) is 6.70. The van der Waals surface area contributed by atoms with Crippen LogP contribution in [0.4, 0.5) is 0 Å². The zero-order valence-electron chi connectivity index (χ0n) is 9.89. The molecule has 0 aromatic rings. The van der Waals surface area contributed by atoms with E-state index in [2.05, 4.69) is 37.9 Å². The van der Waals surface area contributed by atoms with E-state index in [0.717, 1.165) is 26.0 Å². The topological polar surface area (TPSA) is 21.3 Å². The maximum atomic E-state index is 5.58. The van der Waals surface area contributed by atoms with Crippen LogP contribution >= 0.6 is 0 Å². The van der Waals surface area contributed by atoms with E-state index in [9.17, 15) is 0 Å². The highest BCUT2D eigenvalue weighted by Crippen LogP contribution is 1.99. The molecule has 0 aliphatic heterocycles. The van der Waals surface area contributed by atoms with Crippen molar-refractivity contribution < 1.29 is 4.74 Å². The Bertz CT molecular complexity index is 178. The normalized spacial score (nSPS) is 12.4. The van der Waals surface area contributed by atoms with Gasteiger partial charge in [0.2, 0.25) is 0 Å². The molecule has 0 rings (SSSR count). The monoisotopic (exact) mass is 197 g/mol. The average molecular weight is 197 g/mol. The highest BCUT2D eigenvalue weighted by atomic mass is 16.5. The SMILES string of the molecule is CC#CCCC(COC(C)C)NCC. The standard InChI is InChI=1S/C12H23NO/c1-5-7-8-9-12(13-6-2)10-14-11(3)4/h11-13H,6,8-10H2,1-4H3. The molecule has 82 valence electrons. The summed E-state index contributed by atoms with van der Waals surface area (Å²) in [4.78, 5) is 0. The minimum Gasteiger partial charge on any atom is -0.377 e. The Balaban J connectivity index is 3.68. The van der Waals surface area contributed by atoms with Gasteiger partial charge < -0.3 is 10.1 Å². The van der Waals surface area contributed by atoms with Gasteiger partial charge in [-0.1, -0.05) is 6.92 Å². The summed E-state index contributed by atoms with van der Waals surface area (Å²) in [6, 6.07) is 0.447. The lowest BCUT2D eigenvalue weighted by Crippen LogP contribution is -2.34. The molecule has 0 aliphatic rings. The van der Waals surface area contributed by atoms with Gasteiger partial charge in [-0.3, -0.25) is 0 Å². The molecule has 1 N–H and O–H groups in total. The maximum Gasteiger partial charge on any atom is 0.0623 e. The van der Waals surface area contributed by atoms with E-state index in [-0.39, 0.29) is 0 Å². The lowest BCUT2D eigenvalue weighted by molar-refractivity contribution is 0.0602. The Hall–Kier alpha value is -0.520.